The van der Waals surface area contributed by atoms with Crippen molar-refractivity contribution < 1.29 is 37.7 Å². The molecule has 2 aromatic carbocycles. The Hall–Kier alpha value is -3.85. The molecule has 1 aliphatic heterocycles. The molecule has 240 valence electrons. The van der Waals surface area contributed by atoms with E-state index in [-0.39, 0.29) is 97.4 Å². The van der Waals surface area contributed by atoms with Crippen LogP contribution in [0.25, 0.3) is 0 Å². The highest BCUT2D eigenvalue weighted by Crippen LogP contribution is 2.41. The van der Waals surface area contributed by atoms with Crippen LogP contribution in [0.2, 0.25) is 0 Å². The van der Waals surface area contributed by atoms with Crippen molar-refractivity contribution in [3.63, 3.8) is 0 Å². The zero-order valence-electron chi connectivity index (χ0n) is 26.1. The third-order valence-electron chi connectivity index (χ3n) is 6.62. The Morgan fingerprint density at radius 1 is 1.00 bits per heavy atom. The lowest BCUT2D eigenvalue weighted by molar-refractivity contribution is -0.145. The van der Waals surface area contributed by atoms with Gasteiger partial charge in [-0.25, -0.2) is 9.18 Å². The first-order valence-electron chi connectivity index (χ1n) is 14.4. The molecule has 10 nitrogen and oxygen atoms in total. The van der Waals surface area contributed by atoms with E-state index in [2.05, 4.69) is 6.07 Å². The highest BCUT2D eigenvalue weighted by atomic mass is 79.9. The summed E-state index contributed by atoms with van der Waals surface area (Å²) in [6.45, 7) is 11.6. The third-order valence-corrected chi connectivity index (χ3v) is 6.62. The second-order valence-electron chi connectivity index (χ2n) is 10.9. The maximum absolute atomic E-state index is 15.5. The maximum atomic E-state index is 15.5. The smallest absolute Gasteiger partial charge is 0.344 e. The molecule has 0 fully saturated rings. The van der Waals surface area contributed by atoms with Gasteiger partial charge in [-0.3, -0.25) is 10.2 Å². The van der Waals surface area contributed by atoms with E-state index in [1.54, 1.807) is 32.9 Å². The number of hydrogen-bond acceptors (Lipinski definition) is 9. The van der Waals surface area contributed by atoms with Crippen molar-refractivity contribution in [1.82, 2.24) is 4.90 Å². The Balaban J connectivity index is 0.00000675. The summed E-state index contributed by atoms with van der Waals surface area (Å²) in [7, 11) is 0. The highest BCUT2D eigenvalue weighted by molar-refractivity contribution is 8.93. The topological polar surface area (TPSA) is 131 Å². The first kappa shape index (κ1) is 36.3. The number of carbonyl (C=O) groups is 2. The van der Waals surface area contributed by atoms with Gasteiger partial charge in [0.15, 0.2) is 41.2 Å². The molecule has 0 spiro atoms. The summed E-state index contributed by atoms with van der Waals surface area (Å²) in [6.07, 6.45) is 0.743. The molecule has 3 rings (SSSR count). The Morgan fingerprint density at radius 3 is 2.30 bits per heavy atom. The second kappa shape index (κ2) is 16.3. The van der Waals surface area contributed by atoms with Gasteiger partial charge in [-0.15, -0.1) is 17.0 Å². The van der Waals surface area contributed by atoms with Crippen molar-refractivity contribution in [1.29, 1.82) is 10.7 Å². The van der Waals surface area contributed by atoms with Crippen LogP contribution in [-0.2, 0) is 21.5 Å². The van der Waals surface area contributed by atoms with E-state index in [1.165, 1.54) is 11.0 Å². The van der Waals surface area contributed by atoms with Crippen LogP contribution in [0.5, 0.6) is 23.0 Å². The van der Waals surface area contributed by atoms with Crippen LogP contribution in [-0.4, -0.2) is 62.1 Å². The zero-order chi connectivity index (χ0) is 31.7. The Labute approximate surface area is 268 Å². The molecule has 1 aliphatic rings. The standard InChI is InChI=1S/C32H40FN3O7.BrH/c1-7-39-25-16-21-17-36(31(35)27(21)28(33)30(25)41-9-3)18-23(37)20-14-22(32(4,5)6)29(43-19-26(38)40-8-2)24(15-20)42-13-11-10-12-34;/h14-16,35H,7-11,13,17-19H2,1-6H3;1H. The van der Waals surface area contributed by atoms with Crippen molar-refractivity contribution in [3.8, 4) is 29.1 Å². The predicted molar refractivity (Wildman–Crippen MR) is 168 cm³/mol. The van der Waals surface area contributed by atoms with Gasteiger partial charge in [0, 0.05) is 24.1 Å². The number of ether oxygens (including phenoxy) is 5. The highest BCUT2D eigenvalue weighted by Gasteiger charge is 2.34. The van der Waals surface area contributed by atoms with Crippen LogP contribution >= 0.6 is 17.0 Å². The predicted octanol–water partition coefficient (Wildman–Crippen LogP) is 6.15. The summed E-state index contributed by atoms with van der Waals surface area (Å²) in [5.74, 6) is -0.900. The van der Waals surface area contributed by atoms with Gasteiger partial charge in [0.2, 0.25) is 0 Å². The Morgan fingerprint density at radius 2 is 1.68 bits per heavy atom. The molecule has 2 aromatic rings. The lowest BCUT2D eigenvalue weighted by Crippen LogP contribution is -2.31. The molecular weight excluding hydrogens is 637 g/mol. The zero-order valence-corrected chi connectivity index (χ0v) is 27.8. The van der Waals surface area contributed by atoms with E-state index >= 15 is 4.39 Å². The summed E-state index contributed by atoms with van der Waals surface area (Å²) < 4.78 is 43.5. The molecule has 0 radical (unpaired) electrons. The number of nitrogens with one attached hydrogen (secondary N) is 1. The number of fused-ring (bicyclic) bond motifs is 1. The van der Waals surface area contributed by atoms with Crippen molar-refractivity contribution in [2.45, 2.75) is 66.3 Å². The van der Waals surface area contributed by atoms with Gasteiger partial charge >= 0.3 is 5.97 Å². The molecule has 0 bridgehead atoms. The number of carbonyl (C=O) groups excluding carboxylic acids is 2. The van der Waals surface area contributed by atoms with Gasteiger partial charge in [0.1, 0.15) is 5.84 Å². The van der Waals surface area contributed by atoms with Gasteiger partial charge in [-0.1, -0.05) is 20.8 Å². The van der Waals surface area contributed by atoms with Crippen molar-refractivity contribution in [2.75, 3.05) is 39.6 Å². The Kier molecular flexibility index (Phi) is 13.5. The number of halogens is 2. The number of unbranched alkanes of at least 4 members (excludes halogenated alkanes) is 1. The fourth-order valence-corrected chi connectivity index (χ4v) is 4.67. The fraction of sp³-hybridized carbons (Fsp3) is 0.500. The van der Waals surface area contributed by atoms with Gasteiger partial charge in [-0.2, -0.15) is 5.26 Å². The number of amidine groups is 1. The first-order valence-corrected chi connectivity index (χ1v) is 14.4. The van der Waals surface area contributed by atoms with E-state index in [9.17, 15) is 9.59 Å². The van der Waals surface area contributed by atoms with Crippen LogP contribution in [0.4, 0.5) is 4.39 Å². The summed E-state index contributed by atoms with van der Waals surface area (Å²) >= 11 is 0. The van der Waals surface area contributed by atoms with Crippen LogP contribution < -0.4 is 18.9 Å². The molecule has 0 saturated carbocycles. The monoisotopic (exact) mass is 677 g/mol. The minimum atomic E-state index is -0.686. The molecule has 0 unspecified atom stereocenters. The molecule has 44 heavy (non-hydrogen) atoms. The maximum Gasteiger partial charge on any atom is 0.344 e. The van der Waals surface area contributed by atoms with E-state index in [1.807, 2.05) is 20.8 Å². The molecule has 1 N–H and O–H groups in total. The second-order valence-corrected chi connectivity index (χ2v) is 10.9. The van der Waals surface area contributed by atoms with Gasteiger partial charge in [-0.05, 0) is 56.4 Å². The largest absolute Gasteiger partial charge is 0.490 e. The average Bonchev–Trinajstić information content (AvgIpc) is 3.26. The lowest BCUT2D eigenvalue weighted by atomic mass is 9.84. The minimum Gasteiger partial charge on any atom is -0.490 e. The first-order chi connectivity index (χ1) is 20.5. The molecule has 0 atom stereocenters. The SMILES string of the molecule is Br.CCOC(=O)COc1c(OCCCC#N)cc(C(=O)CN2Cc3cc(OCC)c(OCC)c(F)c3C2=N)cc1C(C)(C)C. The van der Waals surface area contributed by atoms with E-state index in [0.717, 1.165) is 0 Å². The molecule has 1 heterocycles. The molecule has 0 aromatic heterocycles. The molecular formula is C32H41BrFN3O7. The lowest BCUT2D eigenvalue weighted by Gasteiger charge is -2.26. The quantitative estimate of drug-likeness (QED) is 0.134. The van der Waals surface area contributed by atoms with Gasteiger partial charge < -0.3 is 28.6 Å². The van der Waals surface area contributed by atoms with Gasteiger partial charge in [0.25, 0.3) is 0 Å². The summed E-state index contributed by atoms with van der Waals surface area (Å²) in [5.41, 5.74) is 1.03. The summed E-state index contributed by atoms with van der Waals surface area (Å²) in [4.78, 5) is 27.3. The Bertz CT molecular complexity index is 1400. The normalized spacial score (nSPS) is 12.1. The van der Waals surface area contributed by atoms with Crippen molar-refractivity contribution >= 4 is 34.6 Å². The van der Waals surface area contributed by atoms with E-state index in [0.29, 0.717) is 35.5 Å². The number of rotatable bonds is 15. The third kappa shape index (κ3) is 8.62. The van der Waals surface area contributed by atoms with Crippen LogP contribution in [0, 0.1) is 22.6 Å². The fourth-order valence-electron chi connectivity index (χ4n) is 4.67. The van der Waals surface area contributed by atoms with E-state index < -0.39 is 17.2 Å². The number of ketones is 1. The van der Waals surface area contributed by atoms with Crippen molar-refractivity contribution in [3.05, 3.63) is 46.3 Å². The summed E-state index contributed by atoms with van der Waals surface area (Å²) in [5, 5.41) is 17.6. The molecule has 12 heteroatoms. The number of benzene rings is 2. The number of nitrogens with zero attached hydrogens (tertiary/aromatic N) is 2. The van der Waals surface area contributed by atoms with Crippen LogP contribution in [0.3, 0.4) is 0 Å². The number of nitriles is 1. The number of hydrogen-bond donors (Lipinski definition) is 1. The summed E-state index contributed by atoms with van der Waals surface area (Å²) in [6, 6.07) is 6.96. The van der Waals surface area contributed by atoms with Gasteiger partial charge in [0.05, 0.1) is 44.6 Å². The molecule has 0 amide bonds. The molecule has 0 saturated heterocycles. The van der Waals surface area contributed by atoms with Crippen molar-refractivity contribution in [2.24, 2.45) is 0 Å². The minimum absolute atomic E-state index is 0. The average molecular weight is 679 g/mol. The molecule has 0 aliphatic carbocycles. The number of esters is 1. The van der Waals surface area contributed by atoms with Crippen LogP contribution in [0.1, 0.15) is 81.4 Å². The van der Waals surface area contributed by atoms with Crippen LogP contribution in [0.15, 0.2) is 18.2 Å². The van der Waals surface area contributed by atoms with E-state index in [4.69, 9.17) is 34.4 Å². The number of Topliss-reactive ketones (excluding diaryl/α,β-unsaturated/α-hetero) is 1.